The topological polar surface area (TPSA) is 77.6 Å². The number of aromatic amines is 2. The van der Waals surface area contributed by atoms with E-state index in [1.165, 1.54) is 44.2 Å². The molecule has 5 nitrogen and oxygen atoms in total. The van der Waals surface area contributed by atoms with Crippen molar-refractivity contribution in [3.8, 4) is 11.1 Å². The Kier molecular flexibility index (Phi) is 6.97. The van der Waals surface area contributed by atoms with Crippen molar-refractivity contribution in [3.05, 3.63) is 117 Å². The fourth-order valence-corrected chi connectivity index (χ4v) is 7.60. The highest BCUT2D eigenvalue weighted by Gasteiger charge is 2.30. The molecule has 2 unspecified atom stereocenters. The molecule has 0 fully saturated rings. The summed E-state index contributed by atoms with van der Waals surface area (Å²) in [5, 5.41) is 15.6. The van der Waals surface area contributed by atoms with Crippen LogP contribution in [0.4, 0.5) is 0 Å². The van der Waals surface area contributed by atoms with E-state index < -0.39 is 0 Å². The Hall–Kier alpha value is -5.00. The summed E-state index contributed by atoms with van der Waals surface area (Å²) in [6.45, 7) is 17.6. The predicted octanol–water partition coefficient (Wildman–Crippen LogP) is 10.9. The van der Waals surface area contributed by atoms with Crippen LogP contribution < -0.4 is 0 Å². The minimum absolute atomic E-state index is 0.0713. The van der Waals surface area contributed by atoms with Crippen LogP contribution in [-0.4, -0.2) is 25.0 Å². The van der Waals surface area contributed by atoms with Crippen LogP contribution in [0.15, 0.2) is 66.7 Å². The van der Waals surface area contributed by atoms with E-state index in [0.717, 1.165) is 72.3 Å². The standard InChI is InChI=1S/C43H42N4O/c1-21-23(3)37-18-39-25(5)27(7)42(46-39)41(34-16-32-14-30-12-10-9-11-29(30)13-31(32)15-33(34)20-48)43-28(8)26(6)40(47-43)19-38-24(4)22(2)36(45-38)17-35(21)44-37/h9-19,25,27,45,47-48H,20H2,1-8H3. The number of rotatable bonds is 2. The highest BCUT2D eigenvalue weighted by molar-refractivity contribution is 6.02. The molecule has 0 saturated carbocycles. The van der Waals surface area contributed by atoms with E-state index in [4.69, 9.17) is 9.97 Å². The van der Waals surface area contributed by atoms with Crippen LogP contribution in [0, 0.1) is 27.7 Å². The number of aryl methyl sites for hydroxylation is 4. The molecule has 8 bridgehead atoms. The van der Waals surface area contributed by atoms with Crippen LogP contribution in [0.1, 0.15) is 90.1 Å². The molecule has 0 spiro atoms. The molecule has 0 saturated heterocycles. The van der Waals surface area contributed by atoms with Gasteiger partial charge in [0.05, 0.1) is 29.2 Å². The molecule has 0 radical (unpaired) electrons. The number of aromatic nitrogens is 4. The van der Waals surface area contributed by atoms with Crippen molar-refractivity contribution in [2.75, 3.05) is 0 Å². The van der Waals surface area contributed by atoms with Gasteiger partial charge in [0, 0.05) is 39.6 Å². The Bertz CT molecular complexity index is 2540. The second-order valence-corrected chi connectivity index (χ2v) is 14.0. The van der Waals surface area contributed by atoms with E-state index in [0.29, 0.717) is 0 Å². The van der Waals surface area contributed by atoms with Gasteiger partial charge in [-0.3, -0.25) is 4.98 Å². The first-order valence-electron chi connectivity index (χ1n) is 17.0. The summed E-state index contributed by atoms with van der Waals surface area (Å²) in [4.78, 5) is 18.2. The number of aliphatic hydroxyl groups is 1. The molecule has 48 heavy (non-hydrogen) atoms. The van der Waals surface area contributed by atoms with Gasteiger partial charge in [0.2, 0.25) is 0 Å². The molecule has 0 aliphatic carbocycles. The van der Waals surface area contributed by atoms with Gasteiger partial charge in [0.25, 0.3) is 0 Å². The van der Waals surface area contributed by atoms with Gasteiger partial charge in [-0.2, -0.15) is 0 Å². The third-order valence-electron chi connectivity index (χ3n) is 11.4. The molecule has 2 aliphatic rings. The quantitative estimate of drug-likeness (QED) is 0.167. The first-order chi connectivity index (χ1) is 23.0. The van der Waals surface area contributed by atoms with Crippen LogP contribution in [0.3, 0.4) is 0 Å². The summed E-state index contributed by atoms with van der Waals surface area (Å²) in [5.74, 6) is 0.336. The van der Waals surface area contributed by atoms with Gasteiger partial charge in [0.15, 0.2) is 0 Å². The van der Waals surface area contributed by atoms with Gasteiger partial charge in [-0.1, -0.05) is 38.1 Å². The molecule has 3 aromatic carbocycles. The summed E-state index contributed by atoms with van der Waals surface area (Å²) in [7, 11) is 0. The molecule has 8 rings (SSSR count). The van der Waals surface area contributed by atoms with Crippen LogP contribution in [0.25, 0.3) is 65.9 Å². The van der Waals surface area contributed by atoms with Crippen molar-refractivity contribution in [1.29, 1.82) is 0 Å². The molecular formula is C43H42N4O. The number of hydrogen-bond donors (Lipinski definition) is 3. The summed E-state index contributed by atoms with van der Waals surface area (Å²) in [6, 6.07) is 24.0. The lowest BCUT2D eigenvalue weighted by Crippen LogP contribution is -2.00. The molecule has 2 atom stereocenters. The zero-order valence-corrected chi connectivity index (χ0v) is 29.1. The maximum Gasteiger partial charge on any atom is 0.0690 e. The predicted molar refractivity (Wildman–Crippen MR) is 201 cm³/mol. The molecule has 3 N–H and O–H groups in total. The minimum atomic E-state index is -0.0713. The summed E-state index contributed by atoms with van der Waals surface area (Å²) in [6.07, 6.45) is 0. The van der Waals surface area contributed by atoms with Gasteiger partial charge >= 0.3 is 0 Å². The maximum absolute atomic E-state index is 10.9. The van der Waals surface area contributed by atoms with Crippen molar-refractivity contribution in [1.82, 2.24) is 19.9 Å². The van der Waals surface area contributed by atoms with Gasteiger partial charge in [0.1, 0.15) is 0 Å². The van der Waals surface area contributed by atoms with Crippen LogP contribution >= 0.6 is 0 Å². The van der Waals surface area contributed by atoms with Crippen molar-refractivity contribution < 1.29 is 5.11 Å². The Morgan fingerprint density at radius 3 is 1.85 bits per heavy atom. The molecule has 2 aliphatic heterocycles. The van der Waals surface area contributed by atoms with Crippen LogP contribution in [0.2, 0.25) is 0 Å². The molecule has 5 heteroatoms. The first kappa shape index (κ1) is 30.3. The number of allylic oxidation sites excluding steroid dienone is 2. The average Bonchev–Trinajstić information content (AvgIpc) is 3.71. The fraction of sp³-hybridized carbons (Fsp3) is 0.256. The minimum Gasteiger partial charge on any atom is -0.392 e. The molecule has 6 aromatic rings. The molecule has 3 aromatic heterocycles. The Balaban J connectivity index is 1.57. The second-order valence-electron chi connectivity index (χ2n) is 14.0. The largest absolute Gasteiger partial charge is 0.392 e. The van der Waals surface area contributed by atoms with E-state index in [9.17, 15) is 5.11 Å². The zero-order chi connectivity index (χ0) is 33.6. The van der Waals surface area contributed by atoms with Crippen molar-refractivity contribution >= 4 is 54.8 Å². The van der Waals surface area contributed by atoms with E-state index in [2.05, 4.69) is 132 Å². The van der Waals surface area contributed by atoms with Gasteiger partial charge < -0.3 is 15.1 Å². The number of hydrogen-bond acceptors (Lipinski definition) is 3. The first-order valence-corrected chi connectivity index (χ1v) is 17.0. The van der Waals surface area contributed by atoms with E-state index >= 15 is 0 Å². The summed E-state index contributed by atoms with van der Waals surface area (Å²) in [5.41, 5.74) is 18.5. The van der Waals surface area contributed by atoms with Crippen molar-refractivity contribution in [2.24, 2.45) is 0 Å². The highest BCUT2D eigenvalue weighted by Crippen LogP contribution is 2.45. The van der Waals surface area contributed by atoms with Crippen LogP contribution in [0.5, 0.6) is 0 Å². The Labute approximate surface area is 281 Å². The Morgan fingerprint density at radius 1 is 0.604 bits per heavy atom. The SMILES string of the molecule is CC1=C(C)c2cc3[nH]c(cc4[nH]c(c(C)c4C)c(-c4cc5cc6ccccc6cc5cc4CO)c4nc(cc1n2)C(C)C4C)c(C)c3C. The van der Waals surface area contributed by atoms with E-state index in [1.54, 1.807) is 0 Å². The normalized spacial score (nSPS) is 16.4. The summed E-state index contributed by atoms with van der Waals surface area (Å²) >= 11 is 0. The van der Waals surface area contributed by atoms with Gasteiger partial charge in [-0.05, 0) is 150 Å². The number of H-pyrrole nitrogens is 2. The number of benzene rings is 3. The van der Waals surface area contributed by atoms with E-state index in [-0.39, 0.29) is 18.4 Å². The molecule has 240 valence electrons. The molecule has 5 heterocycles. The maximum atomic E-state index is 10.9. The molecule has 0 amide bonds. The smallest absolute Gasteiger partial charge is 0.0690 e. The number of fused-ring (bicyclic) bond motifs is 10. The monoisotopic (exact) mass is 630 g/mol. The second kappa shape index (κ2) is 11.0. The average molecular weight is 631 g/mol. The van der Waals surface area contributed by atoms with E-state index in [1.807, 2.05) is 0 Å². The highest BCUT2D eigenvalue weighted by atomic mass is 16.3. The number of aliphatic hydroxyl groups excluding tert-OH is 1. The van der Waals surface area contributed by atoms with Gasteiger partial charge in [-0.25, -0.2) is 4.98 Å². The lowest BCUT2D eigenvalue weighted by molar-refractivity contribution is 0.282. The number of nitrogens with one attached hydrogen (secondary N) is 2. The third-order valence-corrected chi connectivity index (χ3v) is 11.4. The Morgan fingerprint density at radius 2 is 1.19 bits per heavy atom. The van der Waals surface area contributed by atoms with Crippen molar-refractivity contribution in [3.63, 3.8) is 0 Å². The zero-order valence-electron chi connectivity index (χ0n) is 29.1. The lowest BCUT2D eigenvalue weighted by Gasteiger charge is -2.17. The van der Waals surface area contributed by atoms with Crippen LogP contribution in [-0.2, 0) is 6.61 Å². The fourth-order valence-electron chi connectivity index (χ4n) is 7.60. The van der Waals surface area contributed by atoms with Gasteiger partial charge in [-0.15, -0.1) is 0 Å². The molecular weight excluding hydrogens is 589 g/mol. The lowest BCUT2D eigenvalue weighted by atomic mass is 9.86. The van der Waals surface area contributed by atoms with Crippen molar-refractivity contribution in [2.45, 2.75) is 73.8 Å². The number of nitrogens with zero attached hydrogens (tertiary/aromatic N) is 2. The third kappa shape index (κ3) is 4.56. The summed E-state index contributed by atoms with van der Waals surface area (Å²) < 4.78 is 0.